The van der Waals surface area contributed by atoms with Crippen LogP contribution in [0.3, 0.4) is 0 Å². The summed E-state index contributed by atoms with van der Waals surface area (Å²) >= 11 is 6.01. The zero-order valence-corrected chi connectivity index (χ0v) is 20.0. The van der Waals surface area contributed by atoms with Gasteiger partial charge in [0.1, 0.15) is 23.6 Å². The average Bonchev–Trinajstić information content (AvgIpc) is 3.55. The van der Waals surface area contributed by atoms with Gasteiger partial charge in [0.05, 0.1) is 12.1 Å². The van der Waals surface area contributed by atoms with Crippen LogP contribution in [-0.4, -0.2) is 54.4 Å². The Morgan fingerprint density at radius 2 is 1.94 bits per heavy atom. The Labute approximate surface area is 206 Å². The van der Waals surface area contributed by atoms with E-state index in [2.05, 4.69) is 20.9 Å². The van der Waals surface area contributed by atoms with Crippen LogP contribution in [0.25, 0.3) is 10.9 Å². The molecule has 1 aromatic carbocycles. The fraction of sp³-hybridized carbons (Fsp3) is 0.500. The molecule has 0 radical (unpaired) electrons. The van der Waals surface area contributed by atoms with Crippen LogP contribution in [0.1, 0.15) is 49.0 Å². The fourth-order valence-electron chi connectivity index (χ4n) is 4.39. The number of aromatic amines is 1. The van der Waals surface area contributed by atoms with Gasteiger partial charge in [-0.3, -0.25) is 14.4 Å². The molecule has 2 aliphatic rings. The molecule has 2 fully saturated rings. The van der Waals surface area contributed by atoms with Gasteiger partial charge in [0.15, 0.2) is 0 Å². The van der Waals surface area contributed by atoms with E-state index in [1.807, 2.05) is 0 Å². The Balaban J connectivity index is 1.48. The Morgan fingerprint density at radius 1 is 1.17 bits per heavy atom. The zero-order chi connectivity index (χ0) is 25.1. The van der Waals surface area contributed by atoms with Crippen molar-refractivity contribution in [2.24, 2.45) is 11.8 Å². The summed E-state index contributed by atoms with van der Waals surface area (Å²) in [5.74, 6) is -2.62. The number of carbonyl (C=O) groups excluding carboxylic acids is 4. The van der Waals surface area contributed by atoms with Crippen molar-refractivity contribution in [2.75, 3.05) is 13.7 Å². The fourth-order valence-corrected chi connectivity index (χ4v) is 4.61. The van der Waals surface area contributed by atoms with E-state index in [1.54, 1.807) is 0 Å². The molecule has 3 atom stereocenters. The van der Waals surface area contributed by atoms with Crippen molar-refractivity contribution in [1.82, 2.24) is 20.9 Å². The first-order chi connectivity index (χ1) is 16.8. The number of piperidine rings is 1. The monoisotopic (exact) mass is 506 g/mol. The van der Waals surface area contributed by atoms with Crippen LogP contribution in [0.2, 0.25) is 5.02 Å². The van der Waals surface area contributed by atoms with Gasteiger partial charge in [-0.2, -0.15) is 0 Å². The smallest absolute Gasteiger partial charge is 0.328 e. The topological polar surface area (TPSA) is 129 Å². The number of esters is 1. The molecule has 2 aromatic rings. The third kappa shape index (κ3) is 5.93. The van der Waals surface area contributed by atoms with Gasteiger partial charge in [0, 0.05) is 23.4 Å². The summed E-state index contributed by atoms with van der Waals surface area (Å²) in [5.41, 5.74) is 0.616. The highest BCUT2D eigenvalue weighted by Crippen LogP contribution is 2.34. The number of halogens is 2. The zero-order valence-electron chi connectivity index (χ0n) is 19.3. The molecular weight excluding hydrogens is 479 g/mol. The summed E-state index contributed by atoms with van der Waals surface area (Å²) in [7, 11) is 1.22. The highest BCUT2D eigenvalue weighted by molar-refractivity contribution is 6.35. The predicted molar refractivity (Wildman–Crippen MR) is 126 cm³/mol. The summed E-state index contributed by atoms with van der Waals surface area (Å²) in [5, 5.41) is 8.43. The minimum Gasteiger partial charge on any atom is -0.467 e. The van der Waals surface area contributed by atoms with Crippen molar-refractivity contribution < 1.29 is 28.3 Å². The first-order valence-corrected chi connectivity index (χ1v) is 12.1. The lowest BCUT2D eigenvalue weighted by Gasteiger charge is -2.27. The summed E-state index contributed by atoms with van der Waals surface area (Å²) in [6, 6.07) is 2.19. The van der Waals surface area contributed by atoms with E-state index in [0.717, 1.165) is 19.3 Å². The molecule has 1 aromatic heterocycles. The van der Waals surface area contributed by atoms with E-state index in [4.69, 9.17) is 16.3 Å². The van der Waals surface area contributed by atoms with E-state index >= 15 is 0 Å². The second-order valence-electron chi connectivity index (χ2n) is 9.16. The number of methoxy groups -OCH3 is 1. The Bertz CT molecular complexity index is 1150. The Hall–Kier alpha value is -3.14. The number of nitrogens with one attached hydrogen (secondary N) is 4. The van der Waals surface area contributed by atoms with Gasteiger partial charge in [-0.15, -0.1) is 0 Å². The third-order valence-corrected chi connectivity index (χ3v) is 6.93. The van der Waals surface area contributed by atoms with Crippen molar-refractivity contribution in [3.8, 4) is 0 Å². The molecule has 4 rings (SSSR count). The molecule has 0 bridgehead atoms. The number of fused-ring (bicyclic) bond motifs is 1. The van der Waals surface area contributed by atoms with Gasteiger partial charge in [0.2, 0.25) is 11.8 Å². The van der Waals surface area contributed by atoms with E-state index in [9.17, 15) is 23.6 Å². The molecule has 35 heavy (non-hydrogen) atoms. The molecular formula is C24H28ClFN4O5. The van der Waals surface area contributed by atoms with Crippen molar-refractivity contribution in [2.45, 2.75) is 50.6 Å². The molecule has 11 heteroatoms. The maximum absolute atomic E-state index is 13.8. The normalized spacial score (nSPS) is 19.5. The number of hydrogen-bond donors (Lipinski definition) is 4. The van der Waals surface area contributed by atoms with E-state index in [0.29, 0.717) is 30.3 Å². The van der Waals surface area contributed by atoms with Crippen molar-refractivity contribution >= 4 is 46.2 Å². The van der Waals surface area contributed by atoms with Gasteiger partial charge >= 0.3 is 5.97 Å². The van der Waals surface area contributed by atoms with Crippen molar-refractivity contribution in [3.63, 3.8) is 0 Å². The lowest BCUT2D eigenvalue weighted by atomic mass is 9.91. The number of hydrogen-bond acceptors (Lipinski definition) is 5. The van der Waals surface area contributed by atoms with Crippen LogP contribution in [0, 0.1) is 17.7 Å². The first-order valence-electron chi connectivity index (χ1n) is 11.7. The molecule has 1 saturated carbocycles. The summed E-state index contributed by atoms with van der Waals surface area (Å²) in [6.45, 7) is 0.589. The molecule has 1 aliphatic heterocycles. The van der Waals surface area contributed by atoms with Crippen LogP contribution in [0.5, 0.6) is 0 Å². The Morgan fingerprint density at radius 3 is 2.63 bits per heavy atom. The lowest BCUT2D eigenvalue weighted by Crippen LogP contribution is -2.53. The van der Waals surface area contributed by atoms with Crippen LogP contribution < -0.4 is 16.0 Å². The maximum atomic E-state index is 13.8. The van der Waals surface area contributed by atoms with Crippen LogP contribution >= 0.6 is 11.6 Å². The quantitative estimate of drug-likeness (QED) is 0.388. The number of amides is 3. The molecule has 4 N–H and O–H groups in total. The molecule has 188 valence electrons. The van der Waals surface area contributed by atoms with E-state index in [-0.39, 0.29) is 29.0 Å². The van der Waals surface area contributed by atoms with Crippen LogP contribution in [0.15, 0.2) is 18.2 Å². The van der Waals surface area contributed by atoms with Gasteiger partial charge in [-0.05, 0) is 49.8 Å². The lowest BCUT2D eigenvalue weighted by molar-refractivity contribution is -0.146. The van der Waals surface area contributed by atoms with E-state index in [1.165, 1.54) is 25.3 Å². The van der Waals surface area contributed by atoms with Gasteiger partial charge in [-0.1, -0.05) is 24.4 Å². The SMILES string of the molecule is COC(=O)[C@H](C[C@@H]1CCCNC1=O)NC(=O)[C@H](CC1CC1)NC(=O)c1cc2c(Cl)c(F)ccc2[nH]1. The number of aromatic nitrogens is 1. The highest BCUT2D eigenvalue weighted by atomic mass is 35.5. The minimum atomic E-state index is -1.02. The Kier molecular flexibility index (Phi) is 7.59. The second-order valence-corrected chi connectivity index (χ2v) is 9.54. The molecule has 0 spiro atoms. The van der Waals surface area contributed by atoms with Crippen LogP contribution in [-0.2, 0) is 19.1 Å². The molecule has 9 nitrogen and oxygen atoms in total. The van der Waals surface area contributed by atoms with Gasteiger partial charge in [0.25, 0.3) is 5.91 Å². The third-order valence-electron chi connectivity index (χ3n) is 6.54. The standard InChI is InChI=1S/C24H28ClFN4O5/c1-35-24(34)19(10-13-3-2-8-27-21(13)31)30-22(32)17(9-12-4-5-12)29-23(33)18-11-14-16(28-18)7-6-15(26)20(14)25/h6-7,11-13,17,19,28H,2-5,8-10H2,1H3,(H,27,31)(H,29,33)(H,30,32)/t13-,17-,19-/m0/s1. The molecule has 3 amide bonds. The number of benzene rings is 1. The highest BCUT2D eigenvalue weighted by Gasteiger charge is 2.35. The number of carbonyl (C=O) groups is 4. The number of rotatable bonds is 9. The molecule has 0 unspecified atom stereocenters. The molecule has 2 heterocycles. The average molecular weight is 507 g/mol. The minimum absolute atomic E-state index is 0.0993. The number of H-pyrrole nitrogens is 1. The summed E-state index contributed by atoms with van der Waals surface area (Å²) < 4.78 is 18.6. The number of ether oxygens (including phenoxy) is 1. The van der Waals surface area contributed by atoms with E-state index < -0.39 is 41.6 Å². The summed E-state index contributed by atoms with van der Waals surface area (Å²) in [6.07, 6.45) is 3.82. The second kappa shape index (κ2) is 10.6. The largest absolute Gasteiger partial charge is 0.467 e. The van der Waals surface area contributed by atoms with Gasteiger partial charge in [-0.25, -0.2) is 9.18 Å². The van der Waals surface area contributed by atoms with Crippen molar-refractivity contribution in [1.29, 1.82) is 0 Å². The summed E-state index contributed by atoms with van der Waals surface area (Å²) in [4.78, 5) is 53.6. The first kappa shape index (κ1) is 25.0. The predicted octanol–water partition coefficient (Wildman–Crippen LogP) is 2.43. The van der Waals surface area contributed by atoms with Gasteiger partial charge < -0.3 is 25.7 Å². The molecule has 1 saturated heterocycles. The maximum Gasteiger partial charge on any atom is 0.328 e. The van der Waals surface area contributed by atoms with Crippen molar-refractivity contribution in [3.05, 3.63) is 34.7 Å². The van der Waals surface area contributed by atoms with Crippen LogP contribution in [0.4, 0.5) is 4.39 Å². The molecule has 1 aliphatic carbocycles.